The lowest BCUT2D eigenvalue weighted by atomic mass is 10.1. The number of nitrogens with zero attached hydrogens (tertiary/aromatic N) is 1. The number of aryl methyl sites for hydroxylation is 2. The number of anilines is 1. The number of rotatable bonds is 1. The third kappa shape index (κ3) is 2.76. The first kappa shape index (κ1) is 11.9. The number of hydrogen-bond acceptors (Lipinski definition) is 2. The Morgan fingerprint density at radius 2 is 1.76 bits per heavy atom. The molecule has 1 N–H and O–H groups in total. The minimum atomic E-state index is 0.0386. The molecular weight excluding hydrogens is 208 g/mol. The molecule has 17 heavy (non-hydrogen) atoms. The number of pyridine rings is 1. The summed E-state index contributed by atoms with van der Waals surface area (Å²) >= 11 is 0. The molecule has 1 heterocycles. The highest BCUT2D eigenvalue weighted by molar-refractivity contribution is 5.84. The molecule has 2 nitrogen and oxygen atoms in total. The monoisotopic (exact) mass is 228 g/mol. The maximum atomic E-state index is 4.67. The first-order valence-electron chi connectivity index (χ1n) is 6.01. The summed E-state index contributed by atoms with van der Waals surface area (Å²) in [6, 6.07) is 8.53. The Hall–Kier alpha value is -1.57. The molecule has 2 rings (SSSR count). The Morgan fingerprint density at radius 3 is 2.41 bits per heavy atom. The molecule has 0 spiro atoms. The lowest BCUT2D eigenvalue weighted by Crippen LogP contribution is -2.26. The summed E-state index contributed by atoms with van der Waals surface area (Å²) in [5.41, 5.74) is 3.62. The third-order valence-corrected chi connectivity index (χ3v) is 2.68. The highest BCUT2D eigenvalue weighted by Crippen LogP contribution is 2.22. The summed E-state index contributed by atoms with van der Waals surface area (Å²) in [7, 11) is 0. The quantitative estimate of drug-likeness (QED) is 0.796. The van der Waals surface area contributed by atoms with Crippen LogP contribution in [0.25, 0.3) is 10.9 Å². The molecule has 0 radical (unpaired) electrons. The SMILES string of the molecule is Cc1ccc2c(C)cc(NC(C)(C)C)nc2c1. The fourth-order valence-electron chi connectivity index (χ4n) is 1.96. The maximum absolute atomic E-state index is 4.67. The summed E-state index contributed by atoms with van der Waals surface area (Å²) in [5, 5.41) is 4.65. The maximum Gasteiger partial charge on any atom is 0.127 e. The van der Waals surface area contributed by atoms with Gasteiger partial charge in [-0.3, -0.25) is 0 Å². The van der Waals surface area contributed by atoms with Crippen LogP contribution in [0.3, 0.4) is 0 Å². The average molecular weight is 228 g/mol. The molecule has 0 fully saturated rings. The van der Waals surface area contributed by atoms with E-state index in [1.54, 1.807) is 0 Å². The van der Waals surface area contributed by atoms with Crippen molar-refractivity contribution >= 4 is 16.7 Å². The van der Waals surface area contributed by atoms with E-state index in [2.05, 4.69) is 69.2 Å². The number of benzene rings is 1. The fourth-order valence-corrected chi connectivity index (χ4v) is 1.96. The summed E-state index contributed by atoms with van der Waals surface area (Å²) in [6.45, 7) is 10.7. The van der Waals surface area contributed by atoms with Gasteiger partial charge in [-0.05, 0) is 57.9 Å². The molecule has 0 atom stereocenters. The van der Waals surface area contributed by atoms with Crippen molar-refractivity contribution in [2.75, 3.05) is 5.32 Å². The summed E-state index contributed by atoms with van der Waals surface area (Å²) in [5.74, 6) is 0.952. The molecule has 0 unspecified atom stereocenters. The van der Waals surface area contributed by atoms with Gasteiger partial charge in [0.15, 0.2) is 0 Å². The van der Waals surface area contributed by atoms with Crippen LogP contribution in [0.4, 0.5) is 5.82 Å². The van der Waals surface area contributed by atoms with Crippen molar-refractivity contribution in [2.24, 2.45) is 0 Å². The number of nitrogens with one attached hydrogen (secondary N) is 1. The number of hydrogen-bond donors (Lipinski definition) is 1. The first-order chi connectivity index (χ1) is 7.85. The van der Waals surface area contributed by atoms with Crippen LogP contribution in [0, 0.1) is 13.8 Å². The lowest BCUT2D eigenvalue weighted by Gasteiger charge is -2.22. The zero-order chi connectivity index (χ0) is 12.6. The van der Waals surface area contributed by atoms with Crippen LogP contribution < -0.4 is 5.32 Å². The average Bonchev–Trinajstić information content (AvgIpc) is 2.13. The van der Waals surface area contributed by atoms with Crippen molar-refractivity contribution in [2.45, 2.75) is 40.2 Å². The Balaban J connectivity index is 2.54. The van der Waals surface area contributed by atoms with Gasteiger partial charge < -0.3 is 5.32 Å². The molecule has 0 bridgehead atoms. The molecular formula is C15H20N2. The van der Waals surface area contributed by atoms with Crippen LogP contribution in [-0.2, 0) is 0 Å². The molecule has 0 aliphatic carbocycles. The summed E-state index contributed by atoms with van der Waals surface area (Å²) < 4.78 is 0. The van der Waals surface area contributed by atoms with Gasteiger partial charge in [0.25, 0.3) is 0 Å². The van der Waals surface area contributed by atoms with E-state index in [0.29, 0.717) is 0 Å². The smallest absolute Gasteiger partial charge is 0.127 e. The Labute approximate surface area is 103 Å². The third-order valence-electron chi connectivity index (χ3n) is 2.68. The van der Waals surface area contributed by atoms with Gasteiger partial charge in [-0.15, -0.1) is 0 Å². The van der Waals surface area contributed by atoms with Gasteiger partial charge in [0, 0.05) is 10.9 Å². The molecule has 1 aromatic carbocycles. The van der Waals surface area contributed by atoms with Crippen LogP contribution in [0.2, 0.25) is 0 Å². The van der Waals surface area contributed by atoms with Gasteiger partial charge in [0.05, 0.1) is 5.52 Å². The predicted octanol–water partition coefficient (Wildman–Crippen LogP) is 4.06. The largest absolute Gasteiger partial charge is 0.365 e. The van der Waals surface area contributed by atoms with Crippen LogP contribution in [0.1, 0.15) is 31.9 Å². The van der Waals surface area contributed by atoms with Crippen LogP contribution >= 0.6 is 0 Å². The fraction of sp³-hybridized carbons (Fsp3) is 0.400. The minimum absolute atomic E-state index is 0.0386. The van der Waals surface area contributed by atoms with Crippen LogP contribution in [0.5, 0.6) is 0 Å². The van der Waals surface area contributed by atoms with E-state index in [1.165, 1.54) is 16.5 Å². The van der Waals surface area contributed by atoms with Gasteiger partial charge in [0.1, 0.15) is 5.82 Å². The standard InChI is InChI=1S/C15H20N2/c1-10-6-7-12-11(2)9-14(16-13(12)8-10)17-15(3,4)5/h6-9H,1-5H3,(H,16,17). The summed E-state index contributed by atoms with van der Waals surface area (Å²) in [6.07, 6.45) is 0. The minimum Gasteiger partial charge on any atom is -0.365 e. The Bertz CT molecular complexity index is 551. The number of fused-ring (bicyclic) bond motifs is 1. The second-order valence-corrected chi connectivity index (χ2v) is 5.72. The Morgan fingerprint density at radius 1 is 1.06 bits per heavy atom. The molecule has 0 saturated heterocycles. The molecule has 2 aromatic rings. The predicted molar refractivity (Wildman–Crippen MR) is 74.6 cm³/mol. The zero-order valence-corrected chi connectivity index (χ0v) is 11.3. The van der Waals surface area contributed by atoms with Gasteiger partial charge >= 0.3 is 0 Å². The van der Waals surface area contributed by atoms with Gasteiger partial charge in [-0.25, -0.2) is 4.98 Å². The highest BCUT2D eigenvalue weighted by atomic mass is 15.0. The highest BCUT2D eigenvalue weighted by Gasteiger charge is 2.11. The molecule has 2 heteroatoms. The Kier molecular flexibility index (Phi) is 2.82. The van der Waals surface area contributed by atoms with Gasteiger partial charge in [0.2, 0.25) is 0 Å². The molecule has 1 aromatic heterocycles. The van der Waals surface area contributed by atoms with Crippen molar-refractivity contribution in [3.63, 3.8) is 0 Å². The molecule has 90 valence electrons. The van der Waals surface area contributed by atoms with Gasteiger partial charge in [-0.2, -0.15) is 0 Å². The van der Waals surface area contributed by atoms with E-state index >= 15 is 0 Å². The van der Waals surface area contributed by atoms with Crippen LogP contribution in [0.15, 0.2) is 24.3 Å². The normalized spacial score (nSPS) is 11.8. The van der Waals surface area contributed by atoms with Crippen molar-refractivity contribution in [3.8, 4) is 0 Å². The van der Waals surface area contributed by atoms with E-state index in [4.69, 9.17) is 0 Å². The zero-order valence-electron chi connectivity index (χ0n) is 11.3. The summed E-state index contributed by atoms with van der Waals surface area (Å²) in [4.78, 5) is 4.67. The second-order valence-electron chi connectivity index (χ2n) is 5.72. The van der Waals surface area contributed by atoms with Crippen molar-refractivity contribution in [1.82, 2.24) is 4.98 Å². The molecule has 0 amide bonds. The van der Waals surface area contributed by atoms with Gasteiger partial charge in [-0.1, -0.05) is 12.1 Å². The van der Waals surface area contributed by atoms with Crippen molar-refractivity contribution in [3.05, 3.63) is 35.4 Å². The van der Waals surface area contributed by atoms with E-state index in [1.807, 2.05) is 0 Å². The number of aromatic nitrogens is 1. The van der Waals surface area contributed by atoms with E-state index in [-0.39, 0.29) is 5.54 Å². The topological polar surface area (TPSA) is 24.9 Å². The first-order valence-corrected chi connectivity index (χ1v) is 6.01. The van der Waals surface area contributed by atoms with Crippen molar-refractivity contribution < 1.29 is 0 Å². The second kappa shape index (κ2) is 4.02. The molecule has 0 saturated carbocycles. The molecule has 0 aliphatic heterocycles. The van der Waals surface area contributed by atoms with E-state index < -0.39 is 0 Å². The molecule has 0 aliphatic rings. The van der Waals surface area contributed by atoms with Crippen LogP contribution in [-0.4, -0.2) is 10.5 Å². The van der Waals surface area contributed by atoms with E-state index in [0.717, 1.165) is 11.3 Å². The lowest BCUT2D eigenvalue weighted by molar-refractivity contribution is 0.631. The van der Waals surface area contributed by atoms with Crippen molar-refractivity contribution in [1.29, 1.82) is 0 Å². The van der Waals surface area contributed by atoms with E-state index in [9.17, 15) is 0 Å².